The first-order chi connectivity index (χ1) is 20.6. The highest BCUT2D eigenvalue weighted by atomic mass is 32.2. The topological polar surface area (TPSA) is 108 Å². The van der Waals surface area contributed by atoms with Crippen LogP contribution in [0.5, 0.6) is 5.75 Å². The number of amides is 1. The van der Waals surface area contributed by atoms with Gasteiger partial charge in [-0.05, 0) is 76.1 Å². The van der Waals surface area contributed by atoms with Crippen molar-refractivity contribution in [2.24, 2.45) is 5.92 Å². The van der Waals surface area contributed by atoms with E-state index in [9.17, 15) is 31.5 Å². The zero-order valence-electron chi connectivity index (χ0n) is 25.9. The van der Waals surface area contributed by atoms with Crippen LogP contribution in [-0.4, -0.2) is 87.1 Å². The Morgan fingerprint density at radius 2 is 1.82 bits per heavy atom. The second-order valence-corrected chi connectivity index (χ2v) is 13.5. The molecule has 0 aliphatic carbocycles. The lowest BCUT2D eigenvalue weighted by atomic mass is 10.0. The summed E-state index contributed by atoms with van der Waals surface area (Å²) in [6.45, 7) is 6.84. The number of ether oxygens (including phenoxy) is 2. The monoisotopic (exact) mass is 643 g/mol. The molecule has 4 atom stereocenters. The highest BCUT2D eigenvalue weighted by molar-refractivity contribution is 7.92. The van der Waals surface area contributed by atoms with Crippen molar-refractivity contribution in [1.29, 1.82) is 0 Å². The van der Waals surface area contributed by atoms with E-state index in [1.807, 2.05) is 25.8 Å². The fraction of sp³-hybridized carbons (Fsp3) is 0.581. The predicted molar refractivity (Wildman–Crippen MR) is 163 cm³/mol. The number of anilines is 1. The van der Waals surface area contributed by atoms with Crippen molar-refractivity contribution in [2.45, 2.75) is 71.0 Å². The van der Waals surface area contributed by atoms with Crippen LogP contribution in [0.15, 0.2) is 42.5 Å². The number of carbonyl (C=O) groups is 1. The van der Waals surface area contributed by atoms with Gasteiger partial charge in [0.15, 0.2) is 0 Å². The summed E-state index contributed by atoms with van der Waals surface area (Å²) < 4.78 is 77.7. The number of rotatable bonds is 8. The SMILES string of the molecule is C[C@@H]1CCCCO[C@@H](CN(C)Cc2ccc(C(F)(F)F)cc2)[C@@H](C)CN([C@@H](C)CO)C(=O)c2cc(NS(C)(=O)=O)ccc2O1. The molecule has 0 spiro atoms. The van der Waals surface area contributed by atoms with Crippen LogP contribution in [0.1, 0.15) is 61.5 Å². The van der Waals surface area contributed by atoms with Gasteiger partial charge in [-0.3, -0.25) is 14.4 Å². The van der Waals surface area contributed by atoms with Crippen molar-refractivity contribution >= 4 is 21.6 Å². The molecule has 0 bridgehead atoms. The number of likely N-dealkylation sites (N-methyl/N-ethyl adjacent to an activating group) is 1. The fourth-order valence-corrected chi connectivity index (χ4v) is 5.70. The number of hydrogen-bond acceptors (Lipinski definition) is 7. The molecule has 0 saturated heterocycles. The first-order valence-corrected chi connectivity index (χ1v) is 16.6. The third-order valence-electron chi connectivity index (χ3n) is 7.58. The molecular formula is C31H44F3N3O6S. The molecule has 0 radical (unpaired) electrons. The van der Waals surface area contributed by atoms with E-state index in [4.69, 9.17) is 9.47 Å². The summed E-state index contributed by atoms with van der Waals surface area (Å²) in [6, 6.07) is 9.08. The third-order valence-corrected chi connectivity index (χ3v) is 8.19. The van der Waals surface area contributed by atoms with Gasteiger partial charge in [-0.15, -0.1) is 0 Å². The van der Waals surface area contributed by atoms with Gasteiger partial charge in [-0.25, -0.2) is 8.42 Å². The maximum absolute atomic E-state index is 14.1. The van der Waals surface area contributed by atoms with Crippen molar-refractivity contribution in [3.8, 4) is 5.75 Å². The standard InChI is InChI=1S/C31H44F3N3O6S/c1-21-17-37(22(2)20-38)30(39)27-16-26(35-44(5,40)41)13-14-28(27)43-23(3)8-6-7-15-42-29(21)19-36(4)18-24-9-11-25(12-10-24)31(32,33)34/h9-14,16,21-23,29,35,38H,6-8,15,17-20H2,1-5H3/t21-,22-,23+,29-/m0/s1. The molecule has 9 nitrogen and oxygen atoms in total. The normalized spacial score (nSPS) is 21.7. The average molecular weight is 644 g/mol. The van der Waals surface area contributed by atoms with Crippen molar-refractivity contribution in [2.75, 3.05) is 44.3 Å². The predicted octanol–water partition coefficient (Wildman–Crippen LogP) is 5.00. The van der Waals surface area contributed by atoms with E-state index in [1.54, 1.807) is 24.0 Å². The number of aliphatic hydroxyl groups excluding tert-OH is 1. The van der Waals surface area contributed by atoms with E-state index < -0.39 is 33.7 Å². The van der Waals surface area contributed by atoms with Crippen LogP contribution >= 0.6 is 0 Å². The van der Waals surface area contributed by atoms with E-state index in [-0.39, 0.29) is 42.5 Å². The van der Waals surface area contributed by atoms with E-state index in [0.717, 1.165) is 36.8 Å². The Kier molecular flexibility index (Phi) is 12.5. The van der Waals surface area contributed by atoms with Gasteiger partial charge in [-0.1, -0.05) is 19.1 Å². The molecule has 13 heteroatoms. The lowest BCUT2D eigenvalue weighted by Crippen LogP contribution is -2.47. The molecule has 3 rings (SSSR count). The van der Waals surface area contributed by atoms with Crippen LogP contribution in [0.2, 0.25) is 0 Å². The smallest absolute Gasteiger partial charge is 0.416 e. The average Bonchev–Trinajstić information content (AvgIpc) is 2.93. The van der Waals surface area contributed by atoms with Crippen molar-refractivity contribution in [1.82, 2.24) is 9.80 Å². The Morgan fingerprint density at radius 3 is 2.43 bits per heavy atom. The van der Waals surface area contributed by atoms with Crippen LogP contribution in [-0.2, 0) is 27.5 Å². The number of nitrogens with zero attached hydrogens (tertiary/aromatic N) is 2. The highest BCUT2D eigenvalue weighted by Crippen LogP contribution is 2.30. The molecule has 44 heavy (non-hydrogen) atoms. The van der Waals surface area contributed by atoms with E-state index in [0.29, 0.717) is 31.9 Å². The van der Waals surface area contributed by atoms with E-state index in [1.165, 1.54) is 18.2 Å². The van der Waals surface area contributed by atoms with Crippen LogP contribution in [0.3, 0.4) is 0 Å². The molecule has 1 aliphatic rings. The zero-order valence-corrected chi connectivity index (χ0v) is 26.7. The number of benzene rings is 2. The van der Waals surface area contributed by atoms with Crippen molar-refractivity contribution in [3.63, 3.8) is 0 Å². The molecule has 246 valence electrons. The quantitative estimate of drug-likeness (QED) is 0.417. The number of sulfonamides is 1. The zero-order chi connectivity index (χ0) is 32.7. The van der Waals surface area contributed by atoms with Gasteiger partial charge in [0.25, 0.3) is 5.91 Å². The fourth-order valence-electron chi connectivity index (χ4n) is 5.15. The van der Waals surface area contributed by atoms with Gasteiger partial charge in [-0.2, -0.15) is 13.2 Å². The Morgan fingerprint density at radius 1 is 1.14 bits per heavy atom. The van der Waals surface area contributed by atoms with E-state index in [2.05, 4.69) is 4.72 Å². The Balaban J connectivity index is 1.88. The summed E-state index contributed by atoms with van der Waals surface area (Å²) in [4.78, 5) is 17.6. The van der Waals surface area contributed by atoms with Crippen LogP contribution in [0, 0.1) is 5.92 Å². The molecular weight excluding hydrogens is 599 g/mol. The minimum atomic E-state index is -4.40. The summed E-state index contributed by atoms with van der Waals surface area (Å²) in [7, 11) is -1.74. The summed E-state index contributed by atoms with van der Waals surface area (Å²) >= 11 is 0. The number of hydrogen-bond donors (Lipinski definition) is 2. The number of halogens is 3. The number of alkyl halides is 3. The number of fused-ring (bicyclic) bond motifs is 1. The lowest BCUT2D eigenvalue weighted by molar-refractivity contribution is -0.137. The van der Waals surface area contributed by atoms with Gasteiger partial charge in [0.05, 0.1) is 42.2 Å². The summed E-state index contributed by atoms with van der Waals surface area (Å²) in [5.74, 6) is -0.302. The molecule has 2 N–H and O–H groups in total. The van der Waals surface area contributed by atoms with Gasteiger partial charge in [0.1, 0.15) is 5.75 Å². The molecule has 0 aromatic heterocycles. The lowest BCUT2D eigenvalue weighted by Gasteiger charge is -2.36. The molecule has 2 aromatic carbocycles. The largest absolute Gasteiger partial charge is 0.490 e. The van der Waals surface area contributed by atoms with Crippen molar-refractivity contribution in [3.05, 3.63) is 59.2 Å². The van der Waals surface area contributed by atoms with Gasteiger partial charge >= 0.3 is 6.18 Å². The highest BCUT2D eigenvalue weighted by Gasteiger charge is 2.31. The molecule has 0 saturated carbocycles. The third kappa shape index (κ3) is 10.6. The van der Waals surface area contributed by atoms with Gasteiger partial charge < -0.3 is 19.5 Å². The van der Waals surface area contributed by atoms with Crippen LogP contribution in [0.4, 0.5) is 18.9 Å². The molecule has 0 unspecified atom stereocenters. The number of nitrogens with one attached hydrogen (secondary N) is 1. The second-order valence-electron chi connectivity index (χ2n) is 11.8. The Labute approximate surface area is 258 Å². The molecule has 2 aromatic rings. The minimum absolute atomic E-state index is 0.173. The number of carbonyl (C=O) groups excluding carboxylic acids is 1. The summed E-state index contributed by atoms with van der Waals surface area (Å²) in [5, 5.41) is 10.1. The maximum Gasteiger partial charge on any atom is 0.416 e. The molecule has 1 amide bonds. The van der Waals surface area contributed by atoms with Crippen LogP contribution in [0.25, 0.3) is 0 Å². The molecule has 1 heterocycles. The van der Waals surface area contributed by atoms with Gasteiger partial charge in [0, 0.05) is 37.8 Å². The Bertz CT molecular complexity index is 1340. The summed E-state index contributed by atoms with van der Waals surface area (Å²) in [5.41, 5.74) is 0.415. The Hall–Kier alpha value is -2.87. The molecule has 0 fully saturated rings. The summed E-state index contributed by atoms with van der Waals surface area (Å²) in [6.07, 6.45) is -1.64. The van der Waals surface area contributed by atoms with Gasteiger partial charge in [0.2, 0.25) is 10.0 Å². The molecule has 1 aliphatic heterocycles. The van der Waals surface area contributed by atoms with Crippen molar-refractivity contribution < 1.29 is 41.0 Å². The van der Waals surface area contributed by atoms with Crippen LogP contribution < -0.4 is 9.46 Å². The second kappa shape index (κ2) is 15.4. The van der Waals surface area contributed by atoms with E-state index >= 15 is 0 Å². The first-order valence-electron chi connectivity index (χ1n) is 14.7. The minimum Gasteiger partial charge on any atom is -0.490 e. The number of aliphatic hydroxyl groups is 1. The first kappa shape index (κ1) is 35.6. The maximum atomic E-state index is 14.1.